The number of esters is 1. The number of benzene rings is 1. The molecule has 2 aromatic heterocycles. The minimum Gasteiger partial charge on any atom is -0.495 e. The van der Waals surface area contributed by atoms with E-state index in [0.717, 1.165) is 42.6 Å². The zero-order chi connectivity index (χ0) is 24.1. The van der Waals surface area contributed by atoms with Crippen LogP contribution in [0.1, 0.15) is 38.2 Å². The topological polar surface area (TPSA) is 114 Å². The first-order chi connectivity index (χ1) is 16.5. The summed E-state index contributed by atoms with van der Waals surface area (Å²) < 4.78 is 12.1. The van der Waals surface area contributed by atoms with Gasteiger partial charge in [-0.3, -0.25) is 0 Å². The van der Waals surface area contributed by atoms with E-state index in [9.17, 15) is 9.90 Å². The molecular weight excluding hydrogens is 434 g/mol. The number of carbonyl (C=O) groups is 1. The van der Waals surface area contributed by atoms with Gasteiger partial charge in [0.1, 0.15) is 24.0 Å². The van der Waals surface area contributed by atoms with Gasteiger partial charge in [-0.15, -0.1) is 0 Å². The van der Waals surface area contributed by atoms with Gasteiger partial charge in [0.2, 0.25) is 0 Å². The van der Waals surface area contributed by atoms with Crippen LogP contribution in [0.5, 0.6) is 5.75 Å². The lowest BCUT2D eigenvalue weighted by Crippen LogP contribution is -2.31. The van der Waals surface area contributed by atoms with Gasteiger partial charge in [-0.2, -0.15) is 10.4 Å². The van der Waals surface area contributed by atoms with Crippen molar-refractivity contribution in [3.8, 4) is 17.6 Å². The van der Waals surface area contributed by atoms with Gasteiger partial charge in [0.05, 0.1) is 31.7 Å². The second kappa shape index (κ2) is 10.5. The Morgan fingerprint density at radius 1 is 1.26 bits per heavy atom. The number of ether oxygens (including phenoxy) is 2. The maximum absolute atomic E-state index is 11.8. The number of fused-ring (bicyclic) bond motifs is 1. The van der Waals surface area contributed by atoms with E-state index in [1.807, 2.05) is 25.3 Å². The molecule has 1 aliphatic rings. The first kappa shape index (κ1) is 23.4. The Balaban J connectivity index is 1.38. The molecule has 0 bridgehead atoms. The summed E-state index contributed by atoms with van der Waals surface area (Å²) in [5.41, 5.74) is 5.36. The predicted octanol–water partition coefficient (Wildman–Crippen LogP) is 2.21. The van der Waals surface area contributed by atoms with Crippen molar-refractivity contribution in [1.82, 2.24) is 19.7 Å². The average Bonchev–Trinajstić information content (AvgIpc) is 3.48. The molecule has 3 heterocycles. The van der Waals surface area contributed by atoms with Crippen molar-refractivity contribution in [2.24, 2.45) is 0 Å². The Bertz CT molecular complexity index is 1230. The highest BCUT2D eigenvalue weighted by Crippen LogP contribution is 2.26. The van der Waals surface area contributed by atoms with Crippen LogP contribution in [-0.4, -0.2) is 64.1 Å². The summed E-state index contributed by atoms with van der Waals surface area (Å²) in [6.45, 7) is 4.60. The van der Waals surface area contributed by atoms with E-state index in [4.69, 9.17) is 14.7 Å². The normalized spacial score (nSPS) is 12.5. The molecule has 0 amide bonds. The smallest absolute Gasteiger partial charge is 0.338 e. The number of aliphatic hydroxyl groups is 1. The molecular formula is C25H27N5O4. The van der Waals surface area contributed by atoms with Crippen molar-refractivity contribution in [2.75, 3.05) is 33.4 Å². The third kappa shape index (κ3) is 4.93. The van der Waals surface area contributed by atoms with Gasteiger partial charge in [0.15, 0.2) is 5.82 Å². The summed E-state index contributed by atoms with van der Waals surface area (Å²) in [5, 5.41) is 23.1. The Morgan fingerprint density at radius 2 is 2.09 bits per heavy atom. The van der Waals surface area contributed by atoms with Crippen LogP contribution in [0.15, 0.2) is 36.8 Å². The highest BCUT2D eigenvalue weighted by atomic mass is 16.5. The van der Waals surface area contributed by atoms with E-state index in [1.54, 1.807) is 16.9 Å². The van der Waals surface area contributed by atoms with Crippen molar-refractivity contribution in [2.45, 2.75) is 26.4 Å². The number of aliphatic hydroxyl groups excluding tert-OH is 1. The maximum Gasteiger partial charge on any atom is 0.338 e. The maximum atomic E-state index is 11.8. The number of nitriles is 1. The number of carbonyl (C=O) groups excluding carboxylic acids is 1. The van der Waals surface area contributed by atoms with Gasteiger partial charge in [-0.1, -0.05) is 6.07 Å². The van der Waals surface area contributed by atoms with Crippen molar-refractivity contribution < 1.29 is 19.4 Å². The largest absolute Gasteiger partial charge is 0.495 e. The molecule has 1 aromatic carbocycles. The highest BCUT2D eigenvalue weighted by Gasteiger charge is 2.23. The molecule has 0 unspecified atom stereocenters. The average molecular weight is 462 g/mol. The standard InChI is InChI=1S/C25H27N5O4/c1-17-19(3-4-21-22(17)16-34-25(21)32)6-8-29(9-10-31)7-5-18-13-28-30(15-18)24-11-23(33-2)20(12-26)14-27-24/h3-4,11,13-15,31H,5-10,16H2,1-2H3. The van der Waals surface area contributed by atoms with E-state index < -0.39 is 0 Å². The van der Waals surface area contributed by atoms with Gasteiger partial charge in [0, 0.05) is 37.5 Å². The molecule has 9 heteroatoms. The van der Waals surface area contributed by atoms with Crippen LogP contribution in [-0.2, 0) is 24.2 Å². The minimum atomic E-state index is -0.248. The first-order valence-electron chi connectivity index (χ1n) is 11.1. The van der Waals surface area contributed by atoms with Crippen LogP contribution in [0, 0.1) is 18.3 Å². The number of hydrogen-bond donors (Lipinski definition) is 1. The molecule has 34 heavy (non-hydrogen) atoms. The summed E-state index contributed by atoms with van der Waals surface area (Å²) in [6.07, 6.45) is 6.76. The predicted molar refractivity (Wildman–Crippen MR) is 124 cm³/mol. The minimum absolute atomic E-state index is 0.0831. The van der Waals surface area contributed by atoms with Gasteiger partial charge < -0.3 is 19.5 Å². The highest BCUT2D eigenvalue weighted by molar-refractivity contribution is 5.93. The van der Waals surface area contributed by atoms with Crippen molar-refractivity contribution in [1.29, 1.82) is 5.26 Å². The summed E-state index contributed by atoms with van der Waals surface area (Å²) in [6, 6.07) is 7.59. The van der Waals surface area contributed by atoms with E-state index >= 15 is 0 Å². The number of rotatable bonds is 10. The molecule has 0 aliphatic carbocycles. The molecule has 0 atom stereocenters. The fourth-order valence-corrected chi connectivity index (χ4v) is 4.13. The van der Waals surface area contributed by atoms with Gasteiger partial charge in [-0.05, 0) is 42.5 Å². The lowest BCUT2D eigenvalue weighted by atomic mass is 9.96. The Kier molecular flexibility index (Phi) is 7.21. The number of nitrogens with zero attached hydrogens (tertiary/aromatic N) is 5. The van der Waals surface area contributed by atoms with Crippen molar-refractivity contribution in [3.63, 3.8) is 0 Å². The van der Waals surface area contributed by atoms with Crippen molar-refractivity contribution in [3.05, 3.63) is 70.2 Å². The molecule has 0 saturated carbocycles. The summed E-state index contributed by atoms with van der Waals surface area (Å²) in [5.74, 6) is 0.780. The molecule has 3 aromatic rings. The molecule has 0 radical (unpaired) electrons. The van der Waals surface area contributed by atoms with E-state index in [2.05, 4.69) is 21.1 Å². The number of cyclic esters (lactones) is 1. The molecule has 0 spiro atoms. The van der Waals surface area contributed by atoms with Crippen molar-refractivity contribution >= 4 is 5.97 Å². The van der Waals surface area contributed by atoms with Gasteiger partial charge >= 0.3 is 5.97 Å². The first-order valence-corrected chi connectivity index (χ1v) is 11.1. The SMILES string of the molecule is COc1cc(-n2cc(CCN(CCO)CCc3ccc4c(c3C)COC4=O)cn2)ncc1C#N. The van der Waals surface area contributed by atoms with Gasteiger partial charge in [0.25, 0.3) is 0 Å². The van der Waals surface area contributed by atoms with Gasteiger partial charge in [-0.25, -0.2) is 14.5 Å². The lowest BCUT2D eigenvalue weighted by Gasteiger charge is -2.21. The van der Waals surface area contributed by atoms with Crippen LogP contribution in [0.3, 0.4) is 0 Å². The molecule has 1 aliphatic heterocycles. The number of pyridine rings is 1. The lowest BCUT2D eigenvalue weighted by molar-refractivity contribution is 0.0535. The van der Waals surface area contributed by atoms with Crippen LogP contribution in [0.25, 0.3) is 5.82 Å². The summed E-state index contributed by atoms with van der Waals surface area (Å²) >= 11 is 0. The van der Waals surface area contributed by atoms with E-state index in [1.165, 1.54) is 18.9 Å². The molecule has 0 fully saturated rings. The van der Waals surface area contributed by atoms with Crippen LogP contribution >= 0.6 is 0 Å². The van der Waals surface area contributed by atoms with E-state index in [-0.39, 0.29) is 12.6 Å². The van der Waals surface area contributed by atoms with Crippen LogP contribution in [0.2, 0.25) is 0 Å². The molecule has 0 saturated heterocycles. The summed E-state index contributed by atoms with van der Waals surface area (Å²) in [4.78, 5) is 18.3. The monoisotopic (exact) mass is 461 g/mol. The van der Waals surface area contributed by atoms with Crippen LogP contribution in [0.4, 0.5) is 0 Å². The summed E-state index contributed by atoms with van der Waals surface area (Å²) in [7, 11) is 1.52. The fourth-order valence-electron chi connectivity index (χ4n) is 4.13. The third-order valence-corrected chi connectivity index (χ3v) is 6.17. The quantitative estimate of drug-likeness (QED) is 0.457. The Hall–Kier alpha value is -3.74. The number of hydrogen-bond acceptors (Lipinski definition) is 8. The van der Waals surface area contributed by atoms with Crippen LogP contribution < -0.4 is 4.74 Å². The molecule has 4 rings (SSSR count). The molecule has 1 N–H and O–H groups in total. The van der Waals surface area contributed by atoms with E-state index in [0.29, 0.717) is 35.8 Å². The number of aromatic nitrogens is 3. The number of methoxy groups -OCH3 is 1. The zero-order valence-electron chi connectivity index (χ0n) is 19.3. The molecule has 9 nitrogen and oxygen atoms in total. The third-order valence-electron chi connectivity index (χ3n) is 6.17. The second-order valence-corrected chi connectivity index (χ2v) is 8.16. The second-order valence-electron chi connectivity index (χ2n) is 8.16. The Morgan fingerprint density at radius 3 is 2.85 bits per heavy atom. The fraction of sp³-hybridized carbons (Fsp3) is 0.360. The Labute approximate surface area is 198 Å². The zero-order valence-corrected chi connectivity index (χ0v) is 19.3. The molecule has 176 valence electrons.